The Morgan fingerprint density at radius 3 is 2.93 bits per heavy atom. The van der Waals surface area contributed by atoms with Crippen LogP contribution in [0, 0.1) is 0 Å². The average molecular weight is 390 g/mol. The predicted octanol–water partition coefficient (Wildman–Crippen LogP) is 5.55. The number of benzene rings is 1. The summed E-state index contributed by atoms with van der Waals surface area (Å²) in [6.45, 7) is 4.39. The van der Waals surface area contributed by atoms with Crippen molar-refractivity contribution in [2.24, 2.45) is 5.10 Å². The summed E-state index contributed by atoms with van der Waals surface area (Å²) in [5.41, 5.74) is 6.95. The number of aryl methyl sites for hydroxylation is 2. The van der Waals surface area contributed by atoms with Crippen LogP contribution >= 0.6 is 11.3 Å². The maximum Gasteiger partial charge on any atom is 0.158 e. The highest BCUT2D eigenvalue weighted by Crippen LogP contribution is 2.38. The lowest BCUT2D eigenvalue weighted by Gasteiger charge is -2.11. The lowest BCUT2D eigenvalue weighted by molar-refractivity contribution is 0.623. The molecule has 28 heavy (non-hydrogen) atoms. The van der Waals surface area contributed by atoms with Gasteiger partial charge in [0.05, 0.1) is 11.6 Å². The van der Waals surface area contributed by atoms with Gasteiger partial charge < -0.3 is 4.57 Å². The van der Waals surface area contributed by atoms with Crippen molar-refractivity contribution in [1.29, 1.82) is 0 Å². The lowest BCUT2D eigenvalue weighted by atomic mass is 9.97. The fraction of sp³-hybridized carbons (Fsp3) is 0.318. The molecule has 0 radical (unpaired) electrons. The van der Waals surface area contributed by atoms with Gasteiger partial charge in [-0.2, -0.15) is 5.10 Å². The molecule has 142 valence electrons. The largest absolute Gasteiger partial charge is 0.344 e. The van der Waals surface area contributed by atoms with Gasteiger partial charge in [-0.05, 0) is 51.2 Å². The molecule has 3 aromatic heterocycles. The smallest absolute Gasteiger partial charge is 0.158 e. The third-order valence-corrected chi connectivity index (χ3v) is 6.65. The molecule has 1 aliphatic rings. The van der Waals surface area contributed by atoms with Crippen LogP contribution in [0.25, 0.3) is 21.1 Å². The molecule has 0 aliphatic heterocycles. The van der Waals surface area contributed by atoms with Gasteiger partial charge in [0.1, 0.15) is 11.2 Å². The molecule has 5 rings (SSSR count). The molecule has 0 unspecified atom stereocenters. The second-order valence-corrected chi connectivity index (χ2v) is 8.67. The second kappa shape index (κ2) is 7.02. The first-order valence-electron chi connectivity index (χ1n) is 9.86. The van der Waals surface area contributed by atoms with Gasteiger partial charge >= 0.3 is 0 Å². The zero-order chi connectivity index (χ0) is 19.1. The summed E-state index contributed by atoms with van der Waals surface area (Å²) < 4.78 is 2.29. The van der Waals surface area contributed by atoms with E-state index in [9.17, 15) is 0 Å². The molecule has 0 fully saturated rings. The number of aromatic nitrogens is 3. The molecule has 6 heteroatoms. The van der Waals surface area contributed by atoms with E-state index in [1.54, 1.807) is 17.7 Å². The SMILES string of the molecule is CC(C)n1cc(/C=N/Nc2ncnc3sc4c(c23)CCCC4)c2ccccc21. The Morgan fingerprint density at radius 2 is 2.04 bits per heavy atom. The summed E-state index contributed by atoms with van der Waals surface area (Å²) in [6, 6.07) is 8.86. The van der Waals surface area contributed by atoms with Crippen molar-refractivity contribution in [2.45, 2.75) is 45.6 Å². The number of hydrazone groups is 1. The molecule has 3 heterocycles. The molecular weight excluding hydrogens is 366 g/mol. The zero-order valence-electron chi connectivity index (χ0n) is 16.1. The van der Waals surface area contributed by atoms with E-state index in [-0.39, 0.29) is 0 Å². The van der Waals surface area contributed by atoms with Gasteiger partial charge in [0, 0.05) is 33.6 Å². The summed E-state index contributed by atoms with van der Waals surface area (Å²) in [7, 11) is 0. The molecule has 0 amide bonds. The molecule has 0 saturated heterocycles. The maximum atomic E-state index is 4.54. The Bertz CT molecular complexity index is 1180. The number of hydrogen-bond donors (Lipinski definition) is 1. The number of nitrogens with zero attached hydrogens (tertiary/aromatic N) is 4. The number of thiophene rings is 1. The topological polar surface area (TPSA) is 55.1 Å². The first-order chi connectivity index (χ1) is 13.7. The molecule has 1 aromatic carbocycles. The van der Waals surface area contributed by atoms with Crippen LogP contribution in [0.1, 0.15) is 48.7 Å². The highest BCUT2D eigenvalue weighted by molar-refractivity contribution is 7.19. The number of fused-ring (bicyclic) bond motifs is 4. The number of anilines is 1. The third-order valence-electron chi connectivity index (χ3n) is 5.45. The third kappa shape index (κ3) is 2.88. The van der Waals surface area contributed by atoms with E-state index in [0.717, 1.165) is 34.4 Å². The molecule has 0 saturated carbocycles. The standard InChI is InChI=1S/C22H23N5S/c1-14(2)27-12-15(16-7-3-5-9-18(16)27)11-25-26-21-20-17-8-4-6-10-19(17)28-22(20)24-13-23-21/h3,5,7,9,11-14H,4,6,8,10H2,1-2H3,(H,23,24,26)/b25-11+. The molecule has 0 spiro atoms. The molecule has 0 atom stereocenters. The quantitative estimate of drug-likeness (QED) is 0.368. The summed E-state index contributed by atoms with van der Waals surface area (Å²) in [5, 5.41) is 6.91. The Labute approximate surface area is 168 Å². The Balaban J connectivity index is 1.50. The van der Waals surface area contributed by atoms with Crippen molar-refractivity contribution < 1.29 is 0 Å². The second-order valence-electron chi connectivity index (χ2n) is 7.59. The van der Waals surface area contributed by atoms with Crippen LogP contribution in [0.15, 0.2) is 41.9 Å². The van der Waals surface area contributed by atoms with E-state index in [1.807, 2.05) is 6.21 Å². The first kappa shape index (κ1) is 17.4. The highest BCUT2D eigenvalue weighted by Gasteiger charge is 2.19. The van der Waals surface area contributed by atoms with E-state index in [0.29, 0.717) is 6.04 Å². The van der Waals surface area contributed by atoms with E-state index in [1.165, 1.54) is 34.2 Å². The lowest BCUT2D eigenvalue weighted by Crippen LogP contribution is -2.01. The fourth-order valence-electron chi connectivity index (χ4n) is 4.10. The minimum absolute atomic E-state index is 0.402. The zero-order valence-corrected chi connectivity index (χ0v) is 17.0. The summed E-state index contributed by atoms with van der Waals surface area (Å²) in [6.07, 6.45) is 10.5. The van der Waals surface area contributed by atoms with E-state index in [4.69, 9.17) is 0 Å². The molecular formula is C22H23N5S. The molecule has 5 nitrogen and oxygen atoms in total. The molecule has 0 bridgehead atoms. The van der Waals surface area contributed by atoms with E-state index >= 15 is 0 Å². The van der Waals surface area contributed by atoms with Crippen molar-refractivity contribution in [3.8, 4) is 0 Å². The summed E-state index contributed by atoms with van der Waals surface area (Å²) in [5.74, 6) is 0.813. The van der Waals surface area contributed by atoms with Crippen molar-refractivity contribution in [1.82, 2.24) is 14.5 Å². The van der Waals surface area contributed by atoms with Crippen molar-refractivity contribution in [2.75, 3.05) is 5.43 Å². The van der Waals surface area contributed by atoms with Crippen LogP contribution in [0.5, 0.6) is 0 Å². The van der Waals surface area contributed by atoms with Gasteiger partial charge in [0.15, 0.2) is 5.82 Å². The molecule has 1 aliphatic carbocycles. The molecule has 1 N–H and O–H groups in total. The van der Waals surface area contributed by atoms with Gasteiger partial charge in [-0.3, -0.25) is 5.43 Å². The Morgan fingerprint density at radius 1 is 1.18 bits per heavy atom. The van der Waals surface area contributed by atoms with Gasteiger partial charge in [0.2, 0.25) is 0 Å². The number of para-hydroxylation sites is 1. The van der Waals surface area contributed by atoms with Gasteiger partial charge in [0.25, 0.3) is 0 Å². The minimum Gasteiger partial charge on any atom is -0.344 e. The first-order valence-corrected chi connectivity index (χ1v) is 10.7. The van der Waals surface area contributed by atoms with Gasteiger partial charge in [-0.1, -0.05) is 18.2 Å². The minimum atomic E-state index is 0.402. The van der Waals surface area contributed by atoms with Crippen molar-refractivity contribution in [3.63, 3.8) is 0 Å². The Kier molecular flexibility index (Phi) is 4.36. The van der Waals surface area contributed by atoms with Gasteiger partial charge in [-0.25, -0.2) is 9.97 Å². The predicted molar refractivity (Wildman–Crippen MR) is 118 cm³/mol. The Hall–Kier alpha value is -2.73. The number of nitrogens with one attached hydrogen (secondary N) is 1. The van der Waals surface area contributed by atoms with Crippen LogP contribution in [-0.2, 0) is 12.8 Å². The fourth-order valence-corrected chi connectivity index (χ4v) is 5.33. The summed E-state index contributed by atoms with van der Waals surface area (Å²) >= 11 is 1.81. The van der Waals surface area contributed by atoms with E-state index in [2.05, 4.69) is 69.4 Å². The molecule has 4 aromatic rings. The van der Waals surface area contributed by atoms with Crippen LogP contribution in [-0.4, -0.2) is 20.7 Å². The average Bonchev–Trinajstić information content (AvgIpc) is 3.27. The normalized spacial score (nSPS) is 14.4. The van der Waals surface area contributed by atoms with Crippen LogP contribution in [0.4, 0.5) is 5.82 Å². The number of hydrogen-bond acceptors (Lipinski definition) is 5. The highest BCUT2D eigenvalue weighted by atomic mass is 32.1. The van der Waals surface area contributed by atoms with Crippen molar-refractivity contribution in [3.05, 3.63) is 52.8 Å². The van der Waals surface area contributed by atoms with Crippen LogP contribution in [0.3, 0.4) is 0 Å². The van der Waals surface area contributed by atoms with E-state index < -0.39 is 0 Å². The number of rotatable bonds is 4. The van der Waals surface area contributed by atoms with Crippen LogP contribution in [0.2, 0.25) is 0 Å². The van der Waals surface area contributed by atoms with Crippen LogP contribution < -0.4 is 5.43 Å². The summed E-state index contributed by atoms with van der Waals surface area (Å²) in [4.78, 5) is 11.5. The maximum absolute atomic E-state index is 4.54. The monoisotopic (exact) mass is 389 g/mol. The van der Waals surface area contributed by atoms with Crippen molar-refractivity contribution >= 4 is 44.5 Å². The van der Waals surface area contributed by atoms with Gasteiger partial charge in [-0.15, -0.1) is 11.3 Å².